The number of aliphatic hydroxyl groups is 1. The first-order valence-corrected chi connectivity index (χ1v) is 4.87. The molecule has 1 aromatic carbocycles. The van der Waals surface area contributed by atoms with Crippen LogP contribution in [0.5, 0.6) is 0 Å². The molecular formula is C12H14O3. The Morgan fingerprint density at radius 2 is 1.80 bits per heavy atom. The minimum Gasteiger partial charge on any atom is -0.502 e. The van der Waals surface area contributed by atoms with Gasteiger partial charge >= 0.3 is 5.97 Å². The fraction of sp³-hybridized carbons (Fsp3) is 0.250. The summed E-state index contributed by atoms with van der Waals surface area (Å²) in [7, 11) is 0. The van der Waals surface area contributed by atoms with Gasteiger partial charge in [0.15, 0.2) is 0 Å². The molecule has 0 saturated heterocycles. The predicted octanol–water partition coefficient (Wildman–Crippen LogP) is 2.84. The van der Waals surface area contributed by atoms with Gasteiger partial charge in [-0.15, -0.1) is 0 Å². The Hall–Kier alpha value is -1.77. The van der Waals surface area contributed by atoms with Gasteiger partial charge in [-0.3, -0.25) is 0 Å². The van der Waals surface area contributed by atoms with Gasteiger partial charge < -0.3 is 10.2 Å². The highest BCUT2D eigenvalue weighted by Crippen LogP contribution is 2.22. The average molecular weight is 206 g/mol. The highest BCUT2D eigenvalue weighted by atomic mass is 16.4. The van der Waals surface area contributed by atoms with E-state index < -0.39 is 11.7 Å². The van der Waals surface area contributed by atoms with Crippen LogP contribution in [0.3, 0.4) is 0 Å². The summed E-state index contributed by atoms with van der Waals surface area (Å²) >= 11 is 0. The van der Waals surface area contributed by atoms with Crippen molar-refractivity contribution in [3.05, 3.63) is 41.7 Å². The van der Waals surface area contributed by atoms with E-state index in [-0.39, 0.29) is 0 Å². The lowest BCUT2D eigenvalue weighted by molar-refractivity contribution is -0.135. The molecular weight excluding hydrogens is 192 g/mol. The van der Waals surface area contributed by atoms with Crippen LogP contribution in [0.2, 0.25) is 0 Å². The summed E-state index contributed by atoms with van der Waals surface area (Å²) in [5.74, 6) is -1.83. The van der Waals surface area contributed by atoms with E-state index in [1.165, 1.54) is 0 Å². The molecule has 0 atom stereocenters. The Morgan fingerprint density at radius 3 is 2.27 bits per heavy atom. The second kappa shape index (κ2) is 5.20. The normalized spacial score (nSPS) is 12.1. The van der Waals surface area contributed by atoms with E-state index in [4.69, 9.17) is 5.11 Å². The molecule has 1 aromatic rings. The van der Waals surface area contributed by atoms with Crippen molar-refractivity contribution < 1.29 is 15.0 Å². The molecule has 0 amide bonds. The minimum absolute atomic E-state index is 0.491. The number of carbonyl (C=O) groups is 1. The molecule has 0 aliphatic heterocycles. The molecule has 3 nitrogen and oxygen atoms in total. The number of benzene rings is 1. The largest absolute Gasteiger partial charge is 0.502 e. The molecule has 0 fully saturated rings. The topological polar surface area (TPSA) is 57.5 Å². The second-order valence-corrected chi connectivity index (χ2v) is 3.25. The van der Waals surface area contributed by atoms with Crippen molar-refractivity contribution in [1.29, 1.82) is 0 Å². The van der Waals surface area contributed by atoms with Crippen LogP contribution in [0.25, 0.3) is 5.57 Å². The highest BCUT2D eigenvalue weighted by Gasteiger charge is 2.13. The lowest BCUT2D eigenvalue weighted by atomic mass is 10.00. The van der Waals surface area contributed by atoms with Gasteiger partial charge in [-0.05, 0) is 12.0 Å². The Balaban J connectivity index is 3.14. The molecule has 80 valence electrons. The smallest absolute Gasteiger partial charge is 0.371 e. The van der Waals surface area contributed by atoms with Gasteiger partial charge in [0.2, 0.25) is 5.76 Å². The van der Waals surface area contributed by atoms with Crippen molar-refractivity contribution in [2.24, 2.45) is 0 Å². The summed E-state index contributed by atoms with van der Waals surface area (Å²) < 4.78 is 0. The first-order valence-electron chi connectivity index (χ1n) is 4.87. The SMILES string of the molecule is CCCC(=C(O)C(=O)O)c1ccccc1. The van der Waals surface area contributed by atoms with E-state index in [9.17, 15) is 9.90 Å². The molecule has 2 N–H and O–H groups in total. The van der Waals surface area contributed by atoms with Crippen molar-refractivity contribution in [3.8, 4) is 0 Å². The van der Waals surface area contributed by atoms with Crippen molar-refractivity contribution in [2.75, 3.05) is 0 Å². The van der Waals surface area contributed by atoms with Crippen LogP contribution in [0, 0.1) is 0 Å². The van der Waals surface area contributed by atoms with Crippen molar-refractivity contribution in [1.82, 2.24) is 0 Å². The van der Waals surface area contributed by atoms with E-state index >= 15 is 0 Å². The van der Waals surface area contributed by atoms with Gasteiger partial charge in [-0.2, -0.15) is 0 Å². The summed E-state index contributed by atoms with van der Waals surface area (Å²) in [6.07, 6.45) is 1.35. The van der Waals surface area contributed by atoms with Gasteiger partial charge in [-0.25, -0.2) is 4.79 Å². The van der Waals surface area contributed by atoms with Crippen LogP contribution in [-0.4, -0.2) is 16.2 Å². The number of rotatable bonds is 4. The maximum atomic E-state index is 10.7. The first-order chi connectivity index (χ1) is 7.16. The van der Waals surface area contributed by atoms with Crippen molar-refractivity contribution >= 4 is 11.5 Å². The van der Waals surface area contributed by atoms with Gasteiger partial charge in [0.25, 0.3) is 0 Å². The van der Waals surface area contributed by atoms with E-state index in [2.05, 4.69) is 0 Å². The Bertz CT molecular complexity index is 366. The van der Waals surface area contributed by atoms with Gasteiger partial charge in [0.05, 0.1) is 0 Å². The summed E-state index contributed by atoms with van der Waals surface area (Å²) in [5, 5.41) is 18.2. The molecule has 3 heteroatoms. The third-order valence-corrected chi connectivity index (χ3v) is 2.11. The van der Waals surface area contributed by atoms with E-state index in [1.54, 1.807) is 12.1 Å². The third kappa shape index (κ3) is 2.84. The summed E-state index contributed by atoms with van der Waals surface area (Å²) in [4.78, 5) is 10.7. The van der Waals surface area contributed by atoms with Crippen LogP contribution >= 0.6 is 0 Å². The molecule has 0 unspecified atom stereocenters. The predicted molar refractivity (Wildman–Crippen MR) is 58.5 cm³/mol. The molecule has 0 heterocycles. The zero-order valence-corrected chi connectivity index (χ0v) is 8.60. The molecule has 0 aliphatic rings. The second-order valence-electron chi connectivity index (χ2n) is 3.25. The van der Waals surface area contributed by atoms with E-state index in [0.29, 0.717) is 12.0 Å². The molecule has 0 radical (unpaired) electrons. The number of allylic oxidation sites excluding steroid dienone is 1. The maximum absolute atomic E-state index is 10.7. The lowest BCUT2D eigenvalue weighted by Gasteiger charge is -2.07. The van der Waals surface area contributed by atoms with Gasteiger partial charge in [0, 0.05) is 5.57 Å². The standard InChI is InChI=1S/C12H14O3/c1-2-6-10(11(13)12(14)15)9-7-4-3-5-8-9/h3-5,7-8,13H,2,6H2,1H3,(H,14,15). The number of carboxylic acid groups (broad SMARTS) is 1. The highest BCUT2D eigenvalue weighted by molar-refractivity contribution is 5.93. The zero-order chi connectivity index (χ0) is 11.3. The maximum Gasteiger partial charge on any atom is 0.371 e. The van der Waals surface area contributed by atoms with Crippen molar-refractivity contribution in [3.63, 3.8) is 0 Å². The van der Waals surface area contributed by atoms with Crippen LogP contribution in [0.1, 0.15) is 25.3 Å². The molecule has 0 aliphatic carbocycles. The molecule has 0 spiro atoms. The molecule has 0 aromatic heterocycles. The number of aliphatic carboxylic acids is 1. The number of aliphatic hydroxyl groups excluding tert-OH is 1. The summed E-state index contributed by atoms with van der Waals surface area (Å²) in [6.45, 7) is 1.94. The van der Waals surface area contributed by atoms with Gasteiger partial charge in [0.1, 0.15) is 0 Å². The van der Waals surface area contributed by atoms with E-state index in [1.807, 2.05) is 25.1 Å². The third-order valence-electron chi connectivity index (χ3n) is 2.11. The molecule has 15 heavy (non-hydrogen) atoms. The van der Waals surface area contributed by atoms with Crippen LogP contribution in [0.15, 0.2) is 36.1 Å². The lowest BCUT2D eigenvalue weighted by Crippen LogP contribution is -2.03. The molecule has 0 saturated carbocycles. The first kappa shape index (κ1) is 11.3. The van der Waals surface area contributed by atoms with E-state index in [0.717, 1.165) is 12.0 Å². The fourth-order valence-corrected chi connectivity index (χ4v) is 1.42. The monoisotopic (exact) mass is 206 g/mol. The summed E-state index contributed by atoms with van der Waals surface area (Å²) in [6, 6.07) is 9.08. The van der Waals surface area contributed by atoms with Crippen LogP contribution < -0.4 is 0 Å². The van der Waals surface area contributed by atoms with Crippen LogP contribution in [-0.2, 0) is 4.79 Å². The summed E-state index contributed by atoms with van der Waals surface area (Å²) in [5.41, 5.74) is 1.25. The number of hydrogen-bond acceptors (Lipinski definition) is 2. The molecule has 0 bridgehead atoms. The molecule has 1 rings (SSSR count). The fourth-order valence-electron chi connectivity index (χ4n) is 1.42. The average Bonchev–Trinajstić information content (AvgIpc) is 2.26. The number of carboxylic acids is 1. The quantitative estimate of drug-likeness (QED) is 0.588. The zero-order valence-electron chi connectivity index (χ0n) is 8.60. The number of hydrogen-bond donors (Lipinski definition) is 2. The Morgan fingerprint density at radius 1 is 1.20 bits per heavy atom. The van der Waals surface area contributed by atoms with Crippen molar-refractivity contribution in [2.45, 2.75) is 19.8 Å². The van der Waals surface area contributed by atoms with Gasteiger partial charge in [-0.1, -0.05) is 43.7 Å². The minimum atomic E-state index is -1.28. The Labute approximate surface area is 88.7 Å². The van der Waals surface area contributed by atoms with Crippen LogP contribution in [0.4, 0.5) is 0 Å². The Kier molecular flexibility index (Phi) is 3.92.